The smallest absolute Gasteiger partial charge is 0.302 e. The topological polar surface area (TPSA) is 72.8 Å². The van der Waals surface area contributed by atoms with Crippen molar-refractivity contribution in [2.45, 2.75) is 104 Å². The molecule has 0 aliphatic heterocycles. The highest BCUT2D eigenvalue weighted by Gasteiger charge is 2.66. The zero-order chi connectivity index (χ0) is 31.9. The molecule has 5 nitrogen and oxygen atoms in total. The number of aliphatic hydroxyl groups is 1. The molecule has 0 aromatic heterocycles. The maximum absolute atomic E-state index is 12.5. The van der Waals surface area contributed by atoms with E-state index in [1.807, 2.05) is 0 Å². The molecule has 2 aromatic rings. The molecule has 0 spiro atoms. The van der Waals surface area contributed by atoms with Crippen LogP contribution in [-0.4, -0.2) is 35.4 Å². The summed E-state index contributed by atoms with van der Waals surface area (Å²) in [7, 11) is 0. The average Bonchev–Trinajstić information content (AvgIpc) is 3.37. The maximum atomic E-state index is 12.5. The third-order valence-corrected chi connectivity index (χ3v) is 13.0. The molecule has 1 N–H and O–H groups in total. The molecule has 0 radical (unpaired) electrons. The zero-order valence-corrected chi connectivity index (χ0v) is 27.8. The lowest BCUT2D eigenvalue weighted by Gasteiger charge is -2.64. The number of allylic oxidation sites excluding steroid dienone is 1. The van der Waals surface area contributed by atoms with Crippen molar-refractivity contribution in [2.75, 3.05) is 0 Å². The van der Waals surface area contributed by atoms with E-state index in [1.54, 1.807) is 0 Å². The van der Waals surface area contributed by atoms with E-state index in [1.165, 1.54) is 30.5 Å². The van der Waals surface area contributed by atoms with Gasteiger partial charge in [-0.1, -0.05) is 87.5 Å². The van der Waals surface area contributed by atoms with Crippen molar-refractivity contribution < 1.29 is 24.2 Å². The Labute approximate surface area is 269 Å². The second-order valence-electron chi connectivity index (χ2n) is 15.2. The van der Waals surface area contributed by atoms with Crippen LogP contribution in [0.3, 0.4) is 0 Å². The summed E-state index contributed by atoms with van der Waals surface area (Å²) in [6, 6.07) is 21.3. The Morgan fingerprint density at radius 3 is 2.09 bits per heavy atom. The highest BCUT2D eigenvalue weighted by molar-refractivity contribution is 5.79. The van der Waals surface area contributed by atoms with Crippen molar-refractivity contribution in [1.82, 2.24) is 0 Å². The van der Waals surface area contributed by atoms with Gasteiger partial charge in [0, 0.05) is 19.8 Å². The standard InChI is InChI=1S/C40H52O5/c1-25(16-17-32(28-12-8-6-9-13-28)29-14-10-7-11-15-29)33-18-19-34-38-35(24-37(43)40(33,34)5)39(4)21-20-31(44-26(2)41)22-30(39)23-36(38)45-27(3)42/h6-15,17,25,30-31,33-38,43H,16,18-24H2,1-5H3/t25?,30-,31+,33+,34-,35-,36+,37-,38-,39-,40+/m0/s1. The van der Waals surface area contributed by atoms with Gasteiger partial charge >= 0.3 is 11.9 Å². The highest BCUT2D eigenvalue weighted by Crippen LogP contribution is 2.69. The van der Waals surface area contributed by atoms with Gasteiger partial charge in [0.1, 0.15) is 12.2 Å². The first-order chi connectivity index (χ1) is 21.5. The summed E-state index contributed by atoms with van der Waals surface area (Å²) < 4.78 is 11.9. The largest absolute Gasteiger partial charge is 0.463 e. The molecule has 11 atom stereocenters. The van der Waals surface area contributed by atoms with E-state index in [0.717, 1.165) is 51.4 Å². The number of ether oxygens (including phenoxy) is 2. The lowest BCUT2D eigenvalue weighted by molar-refractivity contribution is -0.217. The van der Waals surface area contributed by atoms with Crippen molar-refractivity contribution in [3.05, 3.63) is 77.9 Å². The summed E-state index contributed by atoms with van der Waals surface area (Å²) >= 11 is 0. The number of aliphatic hydroxyl groups excluding tert-OH is 1. The first kappa shape index (κ1) is 32.0. The number of hydrogen-bond acceptors (Lipinski definition) is 5. The number of fused-ring (bicyclic) bond motifs is 5. The van der Waals surface area contributed by atoms with Crippen LogP contribution >= 0.6 is 0 Å². The van der Waals surface area contributed by atoms with Crippen LogP contribution in [0.25, 0.3) is 5.57 Å². The van der Waals surface area contributed by atoms with Gasteiger partial charge in [0.15, 0.2) is 0 Å². The van der Waals surface area contributed by atoms with Gasteiger partial charge < -0.3 is 14.6 Å². The zero-order valence-electron chi connectivity index (χ0n) is 27.8. The van der Waals surface area contributed by atoms with Gasteiger partial charge in [-0.3, -0.25) is 9.59 Å². The minimum atomic E-state index is -0.398. The minimum absolute atomic E-state index is 0.0347. The quantitative estimate of drug-likeness (QED) is 0.319. The SMILES string of the molecule is CC(=O)O[C@@H]1CC[C@@]2(C)[C@@H](C1)C[C@@H](OC(C)=O)[C@@H]1[C@@H]2C[C@H](O)[C@]2(C)[C@@H](C(C)CC=C(c3ccccc3)c3ccccc3)CC[C@@H]12. The monoisotopic (exact) mass is 612 g/mol. The van der Waals surface area contributed by atoms with E-state index >= 15 is 0 Å². The minimum Gasteiger partial charge on any atom is -0.463 e. The van der Waals surface area contributed by atoms with E-state index in [-0.39, 0.29) is 46.8 Å². The van der Waals surface area contributed by atoms with E-state index in [2.05, 4.69) is 87.5 Å². The van der Waals surface area contributed by atoms with Crippen LogP contribution in [0, 0.1) is 46.3 Å². The molecule has 0 saturated heterocycles. The van der Waals surface area contributed by atoms with Crippen LogP contribution in [0.5, 0.6) is 0 Å². The van der Waals surface area contributed by atoms with Gasteiger partial charge in [-0.2, -0.15) is 0 Å². The van der Waals surface area contributed by atoms with Gasteiger partial charge in [-0.05, 0) is 108 Å². The molecule has 242 valence electrons. The molecule has 0 bridgehead atoms. The van der Waals surface area contributed by atoms with Crippen molar-refractivity contribution in [3.8, 4) is 0 Å². The average molecular weight is 613 g/mol. The third kappa shape index (κ3) is 5.90. The van der Waals surface area contributed by atoms with E-state index in [4.69, 9.17) is 9.47 Å². The van der Waals surface area contributed by atoms with Gasteiger partial charge in [0.05, 0.1) is 6.10 Å². The molecule has 2 aromatic carbocycles. The number of esters is 2. The van der Waals surface area contributed by atoms with Crippen LogP contribution in [0.4, 0.5) is 0 Å². The van der Waals surface area contributed by atoms with Crippen molar-refractivity contribution in [3.63, 3.8) is 0 Å². The van der Waals surface area contributed by atoms with E-state index in [0.29, 0.717) is 23.7 Å². The Bertz CT molecular complexity index is 1340. The fourth-order valence-electron chi connectivity index (χ4n) is 10.9. The summed E-state index contributed by atoms with van der Waals surface area (Å²) in [4.78, 5) is 24.3. The van der Waals surface area contributed by atoms with Crippen LogP contribution < -0.4 is 0 Å². The number of benzene rings is 2. The van der Waals surface area contributed by atoms with Crippen LogP contribution in [0.2, 0.25) is 0 Å². The lowest BCUT2D eigenvalue weighted by atomic mass is 9.43. The molecule has 0 heterocycles. The Hall–Kier alpha value is -2.92. The number of rotatable bonds is 7. The predicted molar refractivity (Wildman–Crippen MR) is 177 cm³/mol. The molecule has 4 fully saturated rings. The Kier molecular flexibility index (Phi) is 9.04. The van der Waals surface area contributed by atoms with Crippen LogP contribution in [0.15, 0.2) is 66.7 Å². The first-order valence-electron chi connectivity index (χ1n) is 17.4. The Morgan fingerprint density at radius 1 is 0.867 bits per heavy atom. The van der Waals surface area contributed by atoms with E-state index < -0.39 is 6.10 Å². The molecule has 4 aliphatic rings. The number of carbonyl (C=O) groups is 2. The Morgan fingerprint density at radius 2 is 1.49 bits per heavy atom. The van der Waals surface area contributed by atoms with Crippen molar-refractivity contribution >= 4 is 17.5 Å². The first-order valence-corrected chi connectivity index (χ1v) is 17.4. The highest BCUT2D eigenvalue weighted by atomic mass is 16.5. The molecular formula is C40H52O5. The molecule has 45 heavy (non-hydrogen) atoms. The van der Waals surface area contributed by atoms with Gasteiger partial charge in [0.25, 0.3) is 0 Å². The van der Waals surface area contributed by atoms with Crippen LogP contribution in [0.1, 0.15) is 97.1 Å². The van der Waals surface area contributed by atoms with Gasteiger partial charge in [-0.25, -0.2) is 0 Å². The third-order valence-electron chi connectivity index (χ3n) is 13.0. The number of hydrogen-bond donors (Lipinski definition) is 1. The molecule has 0 amide bonds. The summed E-state index contributed by atoms with van der Waals surface area (Å²) in [6.45, 7) is 10.2. The Balaban J connectivity index is 1.27. The summed E-state index contributed by atoms with van der Waals surface area (Å²) in [5.74, 6) is 1.46. The molecule has 1 unspecified atom stereocenters. The fraction of sp³-hybridized carbons (Fsp3) is 0.600. The summed E-state index contributed by atoms with van der Waals surface area (Å²) in [5.41, 5.74) is 3.52. The summed E-state index contributed by atoms with van der Waals surface area (Å²) in [6.07, 6.45) is 9.10. The normalized spacial score (nSPS) is 37.7. The maximum Gasteiger partial charge on any atom is 0.302 e. The molecular weight excluding hydrogens is 560 g/mol. The predicted octanol–water partition coefficient (Wildman–Crippen LogP) is 8.25. The van der Waals surface area contributed by atoms with Gasteiger partial charge in [-0.15, -0.1) is 0 Å². The molecule has 5 heteroatoms. The van der Waals surface area contributed by atoms with Crippen molar-refractivity contribution in [2.24, 2.45) is 46.3 Å². The summed E-state index contributed by atoms with van der Waals surface area (Å²) in [5, 5.41) is 12.2. The molecule has 4 aliphatic carbocycles. The van der Waals surface area contributed by atoms with E-state index in [9.17, 15) is 14.7 Å². The van der Waals surface area contributed by atoms with Gasteiger partial charge in [0.2, 0.25) is 0 Å². The molecule has 6 rings (SSSR count). The van der Waals surface area contributed by atoms with Crippen LogP contribution in [-0.2, 0) is 19.1 Å². The second-order valence-corrected chi connectivity index (χ2v) is 15.2. The van der Waals surface area contributed by atoms with Crippen molar-refractivity contribution in [1.29, 1.82) is 0 Å². The lowest BCUT2D eigenvalue weighted by Crippen LogP contribution is -2.63. The molecule has 4 saturated carbocycles. The fourth-order valence-corrected chi connectivity index (χ4v) is 10.9. The second kappa shape index (κ2) is 12.7. The number of carbonyl (C=O) groups excluding carboxylic acids is 2.